The van der Waals surface area contributed by atoms with Gasteiger partial charge in [0.1, 0.15) is 5.75 Å². The van der Waals surface area contributed by atoms with Gasteiger partial charge < -0.3 is 19.9 Å². The minimum absolute atomic E-state index is 0. The van der Waals surface area contributed by atoms with Gasteiger partial charge in [0, 0.05) is 24.2 Å². The number of para-hydroxylation sites is 1. The number of methoxy groups -OCH3 is 1. The molecule has 154 valence electrons. The lowest BCUT2D eigenvalue weighted by Gasteiger charge is -2.12. The summed E-state index contributed by atoms with van der Waals surface area (Å²) in [4.78, 5) is 8.59. The zero-order valence-corrected chi connectivity index (χ0v) is 19.3. The van der Waals surface area contributed by atoms with Gasteiger partial charge in [-0.3, -0.25) is 4.99 Å². The largest absolute Gasteiger partial charge is 0.496 e. The number of halogens is 2. The number of hydrogen-bond donors (Lipinski definition) is 2. The predicted octanol–water partition coefficient (Wildman–Crippen LogP) is 3.92. The molecule has 0 saturated carbocycles. The van der Waals surface area contributed by atoms with E-state index in [1.165, 1.54) is 0 Å². The second kappa shape index (κ2) is 11.6. The van der Waals surface area contributed by atoms with Crippen molar-refractivity contribution in [2.45, 2.75) is 13.0 Å². The van der Waals surface area contributed by atoms with Crippen molar-refractivity contribution in [3.05, 3.63) is 65.0 Å². The summed E-state index contributed by atoms with van der Waals surface area (Å²) in [5.74, 6) is 2.53. The van der Waals surface area contributed by atoms with E-state index >= 15 is 0 Å². The minimum Gasteiger partial charge on any atom is -0.496 e. The molecule has 9 heteroatoms. The highest BCUT2D eigenvalue weighted by Crippen LogP contribution is 2.19. The number of nitrogens with one attached hydrogen (secondary N) is 2. The molecule has 0 unspecified atom stereocenters. The first kappa shape index (κ1) is 23.0. The second-order valence-electron chi connectivity index (χ2n) is 5.93. The van der Waals surface area contributed by atoms with Crippen molar-refractivity contribution in [3.8, 4) is 17.1 Å². The molecule has 2 N–H and O–H groups in total. The number of benzene rings is 2. The van der Waals surface area contributed by atoms with Gasteiger partial charge in [0.05, 0.1) is 13.7 Å². The molecule has 29 heavy (non-hydrogen) atoms. The summed E-state index contributed by atoms with van der Waals surface area (Å²) in [6.07, 6.45) is 0.811. The van der Waals surface area contributed by atoms with E-state index in [1.807, 2.05) is 36.4 Å². The molecular formula is C20H23ClIN5O2. The summed E-state index contributed by atoms with van der Waals surface area (Å²) in [5, 5.41) is 11.1. The fourth-order valence-electron chi connectivity index (χ4n) is 2.65. The maximum Gasteiger partial charge on any atom is 0.246 e. The summed E-state index contributed by atoms with van der Waals surface area (Å²) in [6, 6.07) is 15.2. The van der Waals surface area contributed by atoms with E-state index in [9.17, 15) is 0 Å². The molecule has 2 aromatic carbocycles. The van der Waals surface area contributed by atoms with Gasteiger partial charge in [-0.2, -0.15) is 4.98 Å². The first-order chi connectivity index (χ1) is 13.7. The number of nitrogens with zero attached hydrogens (tertiary/aromatic N) is 3. The van der Waals surface area contributed by atoms with Gasteiger partial charge in [-0.25, -0.2) is 0 Å². The first-order valence-corrected chi connectivity index (χ1v) is 9.22. The van der Waals surface area contributed by atoms with Crippen LogP contribution in [0, 0.1) is 0 Å². The molecule has 0 fully saturated rings. The number of ether oxygens (including phenoxy) is 1. The van der Waals surface area contributed by atoms with Crippen LogP contribution in [-0.4, -0.2) is 36.8 Å². The third kappa shape index (κ3) is 6.60. The number of guanidine groups is 1. The van der Waals surface area contributed by atoms with E-state index in [4.69, 9.17) is 20.9 Å². The molecule has 7 nitrogen and oxygen atoms in total. The van der Waals surface area contributed by atoms with Crippen molar-refractivity contribution in [2.24, 2.45) is 4.99 Å². The highest BCUT2D eigenvalue weighted by Gasteiger charge is 2.09. The van der Waals surface area contributed by atoms with E-state index in [2.05, 4.69) is 25.8 Å². The van der Waals surface area contributed by atoms with Crippen LogP contribution in [0.3, 0.4) is 0 Å². The highest BCUT2D eigenvalue weighted by molar-refractivity contribution is 14.0. The lowest BCUT2D eigenvalue weighted by atomic mass is 10.1. The van der Waals surface area contributed by atoms with Gasteiger partial charge >= 0.3 is 0 Å². The lowest BCUT2D eigenvalue weighted by Crippen LogP contribution is -2.37. The first-order valence-electron chi connectivity index (χ1n) is 8.84. The monoisotopic (exact) mass is 527 g/mol. The molecule has 0 aliphatic carbocycles. The molecule has 0 atom stereocenters. The Morgan fingerprint density at radius 3 is 2.62 bits per heavy atom. The summed E-state index contributed by atoms with van der Waals surface area (Å²) in [6.45, 7) is 1.08. The van der Waals surface area contributed by atoms with E-state index in [-0.39, 0.29) is 24.0 Å². The fourth-order valence-corrected chi connectivity index (χ4v) is 2.77. The Morgan fingerprint density at radius 1 is 1.14 bits per heavy atom. The van der Waals surface area contributed by atoms with Gasteiger partial charge in [0.25, 0.3) is 0 Å². The molecule has 3 rings (SSSR count). The van der Waals surface area contributed by atoms with E-state index in [1.54, 1.807) is 26.3 Å². The van der Waals surface area contributed by atoms with Crippen LogP contribution in [-0.2, 0) is 13.0 Å². The van der Waals surface area contributed by atoms with Crippen LogP contribution in [0.2, 0.25) is 5.02 Å². The standard InChI is InChI=1S/C20H22ClN5O2.HI/c1-22-20(23-12-11-14-5-3-4-6-17(14)27-2)24-13-18-25-19(26-28-18)15-7-9-16(21)10-8-15;/h3-10H,11-13H2,1-2H3,(H2,22,23,24);1H. The van der Waals surface area contributed by atoms with Gasteiger partial charge in [0.2, 0.25) is 11.7 Å². The summed E-state index contributed by atoms with van der Waals surface area (Å²) in [5.41, 5.74) is 1.98. The highest BCUT2D eigenvalue weighted by atomic mass is 127. The Hall–Kier alpha value is -2.33. The topological polar surface area (TPSA) is 84.6 Å². The predicted molar refractivity (Wildman–Crippen MR) is 125 cm³/mol. The molecule has 0 amide bonds. The van der Waals surface area contributed by atoms with Crippen LogP contribution in [0.5, 0.6) is 5.75 Å². The number of aliphatic imine (C=N–C) groups is 1. The zero-order valence-electron chi connectivity index (χ0n) is 16.2. The van der Waals surface area contributed by atoms with E-state index in [0.717, 1.165) is 23.3 Å². The zero-order chi connectivity index (χ0) is 19.8. The Morgan fingerprint density at radius 2 is 1.90 bits per heavy atom. The van der Waals surface area contributed by atoms with E-state index in [0.29, 0.717) is 35.8 Å². The number of rotatable bonds is 7. The SMILES string of the molecule is CN=C(NCCc1ccccc1OC)NCc1nc(-c2ccc(Cl)cc2)no1.I. The summed E-state index contributed by atoms with van der Waals surface area (Å²) < 4.78 is 10.7. The Bertz CT molecular complexity index is 931. The number of aromatic nitrogens is 2. The van der Waals surface area contributed by atoms with Crippen LogP contribution in [0.4, 0.5) is 0 Å². The molecule has 0 spiro atoms. The summed E-state index contributed by atoms with van der Waals surface area (Å²) in [7, 11) is 3.39. The van der Waals surface area contributed by atoms with Crippen LogP contribution < -0.4 is 15.4 Å². The molecule has 1 heterocycles. The third-order valence-electron chi connectivity index (χ3n) is 4.08. The van der Waals surface area contributed by atoms with Crippen LogP contribution in [0.25, 0.3) is 11.4 Å². The molecular weight excluding hydrogens is 505 g/mol. The van der Waals surface area contributed by atoms with Crippen molar-refractivity contribution in [2.75, 3.05) is 20.7 Å². The normalized spacial score (nSPS) is 10.9. The van der Waals surface area contributed by atoms with Gasteiger partial charge in [-0.1, -0.05) is 35.0 Å². The van der Waals surface area contributed by atoms with Crippen LogP contribution in [0.15, 0.2) is 58.0 Å². The maximum atomic E-state index is 5.90. The van der Waals surface area contributed by atoms with Gasteiger partial charge in [-0.05, 0) is 42.3 Å². The van der Waals surface area contributed by atoms with Crippen molar-refractivity contribution in [1.82, 2.24) is 20.8 Å². The Labute approximate surface area is 191 Å². The molecule has 1 aromatic heterocycles. The Balaban J connectivity index is 0.00000300. The lowest BCUT2D eigenvalue weighted by molar-refractivity contribution is 0.375. The fraction of sp³-hybridized carbons (Fsp3) is 0.250. The summed E-state index contributed by atoms with van der Waals surface area (Å²) >= 11 is 5.90. The third-order valence-corrected chi connectivity index (χ3v) is 4.33. The van der Waals surface area contributed by atoms with Crippen molar-refractivity contribution < 1.29 is 9.26 Å². The molecule has 0 radical (unpaired) electrons. The van der Waals surface area contributed by atoms with Gasteiger partial charge in [0.15, 0.2) is 5.96 Å². The maximum absolute atomic E-state index is 5.90. The average molecular weight is 528 g/mol. The van der Waals surface area contributed by atoms with E-state index < -0.39 is 0 Å². The smallest absolute Gasteiger partial charge is 0.246 e. The van der Waals surface area contributed by atoms with Crippen molar-refractivity contribution >= 4 is 41.5 Å². The molecule has 0 aliphatic heterocycles. The van der Waals surface area contributed by atoms with Crippen molar-refractivity contribution in [3.63, 3.8) is 0 Å². The number of hydrogen-bond acceptors (Lipinski definition) is 5. The van der Waals surface area contributed by atoms with Crippen LogP contribution >= 0.6 is 35.6 Å². The molecule has 0 aliphatic rings. The molecule has 0 saturated heterocycles. The van der Waals surface area contributed by atoms with Crippen LogP contribution in [0.1, 0.15) is 11.5 Å². The quantitative estimate of drug-likeness (QED) is 0.275. The Kier molecular flexibility index (Phi) is 9.20. The average Bonchev–Trinajstić information content (AvgIpc) is 3.20. The molecule has 3 aromatic rings. The van der Waals surface area contributed by atoms with Crippen molar-refractivity contribution in [1.29, 1.82) is 0 Å². The minimum atomic E-state index is 0. The molecule has 0 bridgehead atoms. The van der Waals surface area contributed by atoms with Gasteiger partial charge in [-0.15, -0.1) is 24.0 Å². The second-order valence-corrected chi connectivity index (χ2v) is 6.37.